The summed E-state index contributed by atoms with van der Waals surface area (Å²) < 4.78 is 28.0. The van der Waals surface area contributed by atoms with E-state index in [1.807, 2.05) is 49.4 Å². The third-order valence-electron chi connectivity index (χ3n) is 7.12. The number of fused-ring (bicyclic) bond motifs is 1. The number of hydrogen-bond acceptors (Lipinski definition) is 5. The smallest absolute Gasteiger partial charge is 0.258 e. The van der Waals surface area contributed by atoms with Gasteiger partial charge in [-0.2, -0.15) is 0 Å². The van der Waals surface area contributed by atoms with Gasteiger partial charge in [0.25, 0.3) is 5.91 Å². The molecule has 8 heteroatoms. The summed E-state index contributed by atoms with van der Waals surface area (Å²) in [5.74, 6) is -0.277. The second-order valence-electron chi connectivity index (χ2n) is 10.3. The van der Waals surface area contributed by atoms with Gasteiger partial charge in [0.15, 0.2) is 0 Å². The zero-order valence-electron chi connectivity index (χ0n) is 23.4. The molecule has 1 amide bonds. The molecule has 0 bridgehead atoms. The molecule has 0 atom stereocenters. The third-order valence-corrected chi connectivity index (χ3v) is 8.97. The fourth-order valence-corrected chi connectivity index (χ4v) is 5.66. The molecule has 4 rings (SSSR count). The molecule has 3 aromatic carbocycles. The van der Waals surface area contributed by atoms with E-state index < -0.39 is 10.0 Å². The molecule has 0 radical (unpaired) electrons. The zero-order chi connectivity index (χ0) is 28.2. The fourth-order valence-electron chi connectivity index (χ4n) is 4.43. The van der Waals surface area contributed by atoms with Crippen molar-refractivity contribution in [3.8, 4) is 0 Å². The van der Waals surface area contributed by atoms with Crippen LogP contribution in [0.1, 0.15) is 50.3 Å². The van der Waals surface area contributed by atoms with Gasteiger partial charge in [0, 0.05) is 43.1 Å². The number of sulfonamides is 1. The number of rotatable bonds is 11. The number of amides is 1. The van der Waals surface area contributed by atoms with Crippen molar-refractivity contribution in [2.75, 3.05) is 31.3 Å². The van der Waals surface area contributed by atoms with Gasteiger partial charge in [0.2, 0.25) is 10.0 Å². The fraction of sp³-hybridized carbons (Fsp3) is 0.323. The van der Waals surface area contributed by atoms with E-state index in [-0.39, 0.29) is 10.8 Å². The zero-order valence-corrected chi connectivity index (χ0v) is 24.2. The number of unbranched alkanes of at least 4 members (excludes halogenated alkanes) is 1. The lowest BCUT2D eigenvalue weighted by Gasteiger charge is -2.21. The van der Waals surface area contributed by atoms with Gasteiger partial charge in [-0.15, -0.1) is 0 Å². The second-order valence-corrected chi connectivity index (χ2v) is 12.3. The van der Waals surface area contributed by atoms with Crippen LogP contribution in [0.2, 0.25) is 0 Å². The van der Waals surface area contributed by atoms with E-state index in [1.54, 1.807) is 25.2 Å². The van der Waals surface area contributed by atoms with Crippen LogP contribution >= 0.6 is 0 Å². The van der Waals surface area contributed by atoms with Crippen LogP contribution in [0.4, 0.5) is 11.4 Å². The van der Waals surface area contributed by atoms with Gasteiger partial charge >= 0.3 is 0 Å². The molecule has 0 aromatic heterocycles. The van der Waals surface area contributed by atoms with E-state index in [2.05, 4.69) is 48.6 Å². The van der Waals surface area contributed by atoms with Crippen LogP contribution in [0.3, 0.4) is 0 Å². The molecular weight excluding hydrogens is 508 g/mol. The van der Waals surface area contributed by atoms with E-state index in [0.29, 0.717) is 35.1 Å². The minimum absolute atomic E-state index is 0.167. The average molecular weight is 547 g/mol. The second kappa shape index (κ2) is 12.2. The summed E-state index contributed by atoms with van der Waals surface area (Å²) >= 11 is 0. The normalized spacial score (nSPS) is 14.6. The van der Waals surface area contributed by atoms with E-state index >= 15 is 0 Å². The maximum atomic E-state index is 13.3. The molecule has 0 saturated carbocycles. The number of anilines is 2. The predicted octanol–water partition coefficient (Wildman–Crippen LogP) is 5.88. The van der Waals surface area contributed by atoms with Crippen molar-refractivity contribution in [3.05, 3.63) is 89.5 Å². The molecule has 3 aromatic rings. The van der Waals surface area contributed by atoms with Gasteiger partial charge in [-0.25, -0.2) is 12.7 Å². The molecule has 0 fully saturated rings. The lowest BCUT2D eigenvalue weighted by atomic mass is 10.00. The van der Waals surface area contributed by atoms with Crippen LogP contribution in [0.25, 0.3) is 11.3 Å². The van der Waals surface area contributed by atoms with Crippen LogP contribution in [0, 0.1) is 0 Å². The number of carbonyl (C=O) groups is 1. The van der Waals surface area contributed by atoms with Gasteiger partial charge in [0.05, 0.1) is 16.2 Å². The van der Waals surface area contributed by atoms with E-state index in [1.165, 1.54) is 9.87 Å². The SMILES string of the molecule is CCCCN(C)S(=O)(=O)c1ccc2c(c1)/C(=C(/Nc1ccc(CN(C)C(C)C)cc1)c1ccccc1)C(=O)N2. The Kier molecular flexibility index (Phi) is 8.90. The molecule has 0 unspecified atom stereocenters. The van der Waals surface area contributed by atoms with Crippen LogP contribution in [-0.4, -0.2) is 50.2 Å². The monoisotopic (exact) mass is 546 g/mol. The van der Waals surface area contributed by atoms with Crippen LogP contribution in [0.5, 0.6) is 0 Å². The molecule has 0 spiro atoms. The van der Waals surface area contributed by atoms with E-state index in [0.717, 1.165) is 30.6 Å². The lowest BCUT2D eigenvalue weighted by molar-refractivity contribution is -0.110. The number of carbonyl (C=O) groups excluding carboxylic acids is 1. The maximum Gasteiger partial charge on any atom is 0.258 e. The first kappa shape index (κ1) is 28.5. The molecule has 1 heterocycles. The quantitative estimate of drug-likeness (QED) is 0.294. The topological polar surface area (TPSA) is 81.8 Å². The van der Waals surface area contributed by atoms with Gasteiger partial charge in [-0.05, 0) is 68.8 Å². The van der Waals surface area contributed by atoms with Crippen molar-refractivity contribution < 1.29 is 13.2 Å². The number of nitrogens with one attached hydrogen (secondary N) is 2. The number of nitrogens with zero attached hydrogens (tertiary/aromatic N) is 2. The predicted molar refractivity (Wildman–Crippen MR) is 160 cm³/mol. The highest BCUT2D eigenvalue weighted by Gasteiger charge is 2.31. The van der Waals surface area contributed by atoms with Gasteiger partial charge in [-0.3, -0.25) is 9.69 Å². The Morgan fingerprint density at radius 3 is 2.31 bits per heavy atom. The first-order valence-corrected chi connectivity index (χ1v) is 14.8. The summed E-state index contributed by atoms with van der Waals surface area (Å²) in [6.07, 6.45) is 1.68. The summed E-state index contributed by atoms with van der Waals surface area (Å²) in [5.41, 5.74) is 5.03. The molecule has 7 nitrogen and oxygen atoms in total. The highest BCUT2D eigenvalue weighted by Crippen LogP contribution is 2.39. The molecule has 2 N–H and O–H groups in total. The molecule has 1 aliphatic heterocycles. The number of benzene rings is 3. The third kappa shape index (κ3) is 6.41. The van der Waals surface area contributed by atoms with Gasteiger partial charge in [0.1, 0.15) is 0 Å². The van der Waals surface area contributed by atoms with Gasteiger partial charge < -0.3 is 10.6 Å². The summed E-state index contributed by atoms with van der Waals surface area (Å²) in [7, 11) is -0.00336. The minimum atomic E-state index is -3.70. The molecule has 0 aliphatic carbocycles. The lowest BCUT2D eigenvalue weighted by Crippen LogP contribution is -2.28. The Hall–Kier alpha value is -3.46. The average Bonchev–Trinajstić information content (AvgIpc) is 3.26. The highest BCUT2D eigenvalue weighted by molar-refractivity contribution is 7.89. The molecular formula is C31H38N4O3S. The maximum absolute atomic E-state index is 13.3. The number of hydrogen-bond donors (Lipinski definition) is 2. The Morgan fingerprint density at radius 1 is 0.974 bits per heavy atom. The van der Waals surface area contributed by atoms with Crippen molar-refractivity contribution in [2.45, 2.75) is 51.1 Å². The Balaban J connectivity index is 1.76. The Morgan fingerprint density at radius 2 is 1.67 bits per heavy atom. The summed E-state index contributed by atoms with van der Waals surface area (Å²) in [4.78, 5) is 15.8. The molecule has 1 aliphatic rings. The van der Waals surface area contributed by atoms with Crippen molar-refractivity contribution in [1.82, 2.24) is 9.21 Å². The summed E-state index contributed by atoms with van der Waals surface area (Å²) in [6.45, 7) is 7.64. The Labute approximate surface area is 232 Å². The largest absolute Gasteiger partial charge is 0.354 e. The van der Waals surface area contributed by atoms with E-state index in [9.17, 15) is 13.2 Å². The minimum Gasteiger partial charge on any atom is -0.354 e. The highest BCUT2D eigenvalue weighted by atomic mass is 32.2. The Bertz CT molecular complexity index is 1450. The summed E-state index contributed by atoms with van der Waals surface area (Å²) in [5, 5.41) is 6.38. The molecule has 206 valence electrons. The molecule has 0 saturated heterocycles. The van der Waals surface area contributed by atoms with Crippen molar-refractivity contribution >= 4 is 38.6 Å². The van der Waals surface area contributed by atoms with Crippen LogP contribution in [0.15, 0.2) is 77.7 Å². The standard InChI is InChI=1S/C31H38N4O3S/c1-6-7-19-35(5)39(37,38)26-17-18-28-27(20-26)29(31(36)33-28)30(24-11-9-8-10-12-24)32-25-15-13-23(14-16-25)21-34(4)22(2)3/h8-18,20,22,32H,6-7,19,21H2,1-5H3,(H,33,36)/b30-29-. The molecule has 39 heavy (non-hydrogen) atoms. The first-order chi connectivity index (χ1) is 18.6. The van der Waals surface area contributed by atoms with Crippen molar-refractivity contribution in [1.29, 1.82) is 0 Å². The van der Waals surface area contributed by atoms with Crippen LogP contribution < -0.4 is 10.6 Å². The van der Waals surface area contributed by atoms with Gasteiger partial charge in [-0.1, -0.05) is 55.8 Å². The van der Waals surface area contributed by atoms with Crippen LogP contribution in [-0.2, 0) is 21.4 Å². The van der Waals surface area contributed by atoms with Crippen molar-refractivity contribution in [3.63, 3.8) is 0 Å². The van der Waals surface area contributed by atoms with Crippen molar-refractivity contribution in [2.24, 2.45) is 0 Å². The van der Waals surface area contributed by atoms with E-state index in [4.69, 9.17) is 0 Å². The summed E-state index contributed by atoms with van der Waals surface area (Å²) in [6, 6.07) is 23.1. The first-order valence-electron chi connectivity index (χ1n) is 13.4.